The molecule has 2 N–H and O–H groups in total. The molecule has 1 fully saturated rings. The Labute approximate surface area is 124 Å². The lowest BCUT2D eigenvalue weighted by Crippen LogP contribution is -2.39. The van der Waals surface area contributed by atoms with Gasteiger partial charge in [0.25, 0.3) is 0 Å². The average Bonchev–Trinajstić information content (AvgIpc) is 2.75. The largest absolute Gasteiger partial charge is 0.481 e. The van der Waals surface area contributed by atoms with Crippen LogP contribution in [-0.2, 0) is 23.2 Å². The van der Waals surface area contributed by atoms with Gasteiger partial charge in [0.05, 0.1) is 11.1 Å². The third-order valence-electron chi connectivity index (χ3n) is 4.35. The van der Waals surface area contributed by atoms with E-state index in [1.807, 2.05) is 20.2 Å². The van der Waals surface area contributed by atoms with Crippen molar-refractivity contribution in [2.75, 3.05) is 0 Å². The highest BCUT2D eigenvalue weighted by Crippen LogP contribution is 2.39. The van der Waals surface area contributed by atoms with Gasteiger partial charge in [-0.1, -0.05) is 19.3 Å². The Kier molecular flexibility index (Phi) is 4.65. The van der Waals surface area contributed by atoms with Crippen LogP contribution >= 0.6 is 0 Å². The van der Waals surface area contributed by atoms with Crippen molar-refractivity contribution in [1.82, 2.24) is 15.1 Å². The normalized spacial score (nSPS) is 17.4. The Balaban J connectivity index is 1.94. The van der Waals surface area contributed by atoms with Crippen molar-refractivity contribution in [3.05, 3.63) is 17.5 Å². The molecule has 0 radical (unpaired) electrons. The van der Waals surface area contributed by atoms with Gasteiger partial charge in [0.1, 0.15) is 0 Å². The topological polar surface area (TPSA) is 84.2 Å². The number of aliphatic carboxylic acids is 1. The summed E-state index contributed by atoms with van der Waals surface area (Å²) in [5, 5.41) is 16.5. The first-order valence-electron chi connectivity index (χ1n) is 7.42. The molecule has 1 amide bonds. The molecule has 0 aliphatic heterocycles. The van der Waals surface area contributed by atoms with Crippen LogP contribution in [0, 0.1) is 12.3 Å². The fourth-order valence-corrected chi connectivity index (χ4v) is 3.08. The van der Waals surface area contributed by atoms with E-state index in [9.17, 15) is 14.7 Å². The maximum atomic E-state index is 12.1. The zero-order valence-electron chi connectivity index (χ0n) is 12.7. The molecular weight excluding hydrogens is 270 g/mol. The number of aryl methyl sites for hydroxylation is 2. The van der Waals surface area contributed by atoms with Crippen molar-refractivity contribution >= 4 is 11.9 Å². The van der Waals surface area contributed by atoms with Crippen LogP contribution in [0.5, 0.6) is 0 Å². The lowest BCUT2D eigenvalue weighted by molar-refractivity contribution is -0.154. The first-order valence-corrected chi connectivity index (χ1v) is 7.42. The van der Waals surface area contributed by atoms with Gasteiger partial charge >= 0.3 is 5.97 Å². The Morgan fingerprint density at radius 1 is 1.38 bits per heavy atom. The summed E-state index contributed by atoms with van der Waals surface area (Å²) in [6.07, 6.45) is 5.97. The fraction of sp³-hybridized carbons (Fsp3) is 0.667. The van der Waals surface area contributed by atoms with E-state index in [0.717, 1.165) is 30.5 Å². The monoisotopic (exact) mass is 293 g/mol. The van der Waals surface area contributed by atoms with E-state index in [4.69, 9.17) is 0 Å². The van der Waals surface area contributed by atoms with Gasteiger partial charge in [0.2, 0.25) is 5.91 Å². The first kappa shape index (κ1) is 15.5. The molecule has 116 valence electrons. The van der Waals surface area contributed by atoms with Crippen LogP contribution in [0.3, 0.4) is 0 Å². The zero-order valence-corrected chi connectivity index (χ0v) is 12.7. The summed E-state index contributed by atoms with van der Waals surface area (Å²) < 4.78 is 1.71. The third-order valence-corrected chi connectivity index (χ3v) is 4.35. The number of carboxylic acid groups (broad SMARTS) is 1. The van der Waals surface area contributed by atoms with Crippen LogP contribution < -0.4 is 5.32 Å². The predicted octanol–water partition coefficient (Wildman–Crippen LogP) is 1.77. The van der Waals surface area contributed by atoms with E-state index in [2.05, 4.69) is 10.4 Å². The molecule has 0 bridgehead atoms. The predicted molar refractivity (Wildman–Crippen MR) is 77.6 cm³/mol. The number of hydrogen-bond donors (Lipinski definition) is 2. The van der Waals surface area contributed by atoms with Crippen molar-refractivity contribution in [1.29, 1.82) is 0 Å². The van der Waals surface area contributed by atoms with Crippen LogP contribution in [0.15, 0.2) is 6.20 Å². The molecular formula is C15H23N3O3. The van der Waals surface area contributed by atoms with E-state index < -0.39 is 11.4 Å². The lowest BCUT2D eigenvalue weighted by atomic mass is 9.71. The Hall–Kier alpha value is -1.85. The second-order valence-electron chi connectivity index (χ2n) is 6.01. The third kappa shape index (κ3) is 3.62. The number of carbonyl (C=O) groups excluding carboxylic acids is 1. The highest BCUT2D eigenvalue weighted by molar-refractivity contribution is 5.85. The molecule has 0 saturated heterocycles. The molecule has 1 aliphatic carbocycles. The summed E-state index contributed by atoms with van der Waals surface area (Å²) >= 11 is 0. The molecule has 6 nitrogen and oxygen atoms in total. The smallest absolute Gasteiger partial charge is 0.310 e. The van der Waals surface area contributed by atoms with Gasteiger partial charge in [-0.3, -0.25) is 14.3 Å². The summed E-state index contributed by atoms with van der Waals surface area (Å²) in [5.74, 6) is -1.03. The molecule has 21 heavy (non-hydrogen) atoms. The number of amides is 1. The number of nitrogens with one attached hydrogen (secondary N) is 1. The number of rotatable bonds is 5. The molecule has 1 aromatic rings. The minimum Gasteiger partial charge on any atom is -0.481 e. The SMILES string of the molecule is Cc1nn(C)cc1CNC(=O)CC1(C(=O)O)CCCCC1. The maximum Gasteiger partial charge on any atom is 0.310 e. The second-order valence-corrected chi connectivity index (χ2v) is 6.01. The van der Waals surface area contributed by atoms with E-state index >= 15 is 0 Å². The highest BCUT2D eigenvalue weighted by Gasteiger charge is 2.41. The molecule has 0 aromatic carbocycles. The number of nitrogens with zero attached hydrogens (tertiary/aromatic N) is 2. The van der Waals surface area contributed by atoms with Crippen LogP contribution in [-0.4, -0.2) is 26.8 Å². The van der Waals surface area contributed by atoms with Gasteiger partial charge in [0, 0.05) is 31.8 Å². The lowest BCUT2D eigenvalue weighted by Gasteiger charge is -2.32. The maximum absolute atomic E-state index is 12.1. The average molecular weight is 293 g/mol. The minimum absolute atomic E-state index is 0.0711. The number of carboxylic acids is 1. The van der Waals surface area contributed by atoms with Crippen molar-refractivity contribution in [3.63, 3.8) is 0 Å². The van der Waals surface area contributed by atoms with E-state index in [-0.39, 0.29) is 12.3 Å². The van der Waals surface area contributed by atoms with Crippen molar-refractivity contribution in [3.8, 4) is 0 Å². The second kappa shape index (κ2) is 6.28. The number of carbonyl (C=O) groups is 2. The van der Waals surface area contributed by atoms with Gasteiger partial charge < -0.3 is 10.4 Å². The van der Waals surface area contributed by atoms with Crippen LogP contribution in [0.25, 0.3) is 0 Å². The summed E-state index contributed by atoms with van der Waals surface area (Å²) in [5.41, 5.74) is 0.967. The molecule has 1 aliphatic rings. The Bertz CT molecular complexity index is 530. The summed E-state index contributed by atoms with van der Waals surface area (Å²) in [7, 11) is 1.83. The molecule has 2 rings (SSSR count). The number of aromatic nitrogens is 2. The zero-order chi connectivity index (χ0) is 15.5. The molecule has 0 atom stereocenters. The molecule has 1 saturated carbocycles. The summed E-state index contributed by atoms with van der Waals surface area (Å²) in [6.45, 7) is 2.29. The Morgan fingerprint density at radius 3 is 2.57 bits per heavy atom. The van der Waals surface area contributed by atoms with E-state index in [1.54, 1.807) is 4.68 Å². The molecule has 0 spiro atoms. The van der Waals surface area contributed by atoms with E-state index in [1.165, 1.54) is 0 Å². The Morgan fingerprint density at radius 2 is 2.05 bits per heavy atom. The van der Waals surface area contributed by atoms with Gasteiger partial charge in [-0.15, -0.1) is 0 Å². The molecule has 0 unspecified atom stereocenters. The molecule has 1 heterocycles. The summed E-state index contributed by atoms with van der Waals surface area (Å²) in [4.78, 5) is 23.7. The highest BCUT2D eigenvalue weighted by atomic mass is 16.4. The van der Waals surface area contributed by atoms with Gasteiger partial charge in [-0.25, -0.2) is 0 Å². The molecule has 6 heteroatoms. The first-order chi connectivity index (χ1) is 9.93. The van der Waals surface area contributed by atoms with Crippen molar-refractivity contribution in [2.24, 2.45) is 12.5 Å². The van der Waals surface area contributed by atoms with Crippen LogP contribution in [0.4, 0.5) is 0 Å². The van der Waals surface area contributed by atoms with Crippen LogP contribution in [0.1, 0.15) is 49.8 Å². The van der Waals surface area contributed by atoms with Crippen LogP contribution in [0.2, 0.25) is 0 Å². The number of hydrogen-bond acceptors (Lipinski definition) is 3. The van der Waals surface area contributed by atoms with Gasteiger partial charge in [0.15, 0.2) is 0 Å². The van der Waals surface area contributed by atoms with Gasteiger partial charge in [-0.05, 0) is 19.8 Å². The summed E-state index contributed by atoms with van der Waals surface area (Å²) in [6, 6.07) is 0. The van der Waals surface area contributed by atoms with E-state index in [0.29, 0.717) is 19.4 Å². The molecule has 1 aromatic heterocycles. The fourth-order valence-electron chi connectivity index (χ4n) is 3.08. The standard InChI is InChI=1S/C15H23N3O3/c1-11-12(10-18(2)17-11)9-16-13(19)8-15(14(20)21)6-4-3-5-7-15/h10H,3-9H2,1-2H3,(H,16,19)(H,20,21). The minimum atomic E-state index is -0.869. The quantitative estimate of drug-likeness (QED) is 0.866. The van der Waals surface area contributed by atoms with Gasteiger partial charge in [-0.2, -0.15) is 5.10 Å². The van der Waals surface area contributed by atoms with Crippen molar-refractivity contribution < 1.29 is 14.7 Å². The van der Waals surface area contributed by atoms with Crippen molar-refractivity contribution in [2.45, 2.75) is 52.0 Å².